The van der Waals surface area contributed by atoms with Gasteiger partial charge in [-0.3, -0.25) is 9.59 Å². The smallest absolute Gasteiger partial charge is 0.242 e. The fourth-order valence-corrected chi connectivity index (χ4v) is 5.59. The fourth-order valence-electron chi connectivity index (χ4n) is 4.34. The van der Waals surface area contributed by atoms with Crippen molar-refractivity contribution in [1.82, 2.24) is 4.72 Å². The Morgan fingerprint density at radius 2 is 1.67 bits per heavy atom. The second-order valence-electron chi connectivity index (χ2n) is 8.84. The van der Waals surface area contributed by atoms with Gasteiger partial charge in [0.25, 0.3) is 0 Å². The standard InChI is InChI=1S/C28H31N3O4S/c1-3-20-10-12-23(13-11-20)29-28(33)25(18-21-8-6-5-7-9-21)30-36(34,35)24-14-15-26-22(19-24)16-17-31(26)27(32)4-2/h5-15,19,25,30H,3-4,16-18H2,1-2H3,(H,29,33). The molecule has 3 aromatic rings. The van der Waals surface area contributed by atoms with Crippen LogP contribution in [-0.4, -0.2) is 32.8 Å². The number of carbonyl (C=O) groups is 2. The molecule has 1 atom stereocenters. The van der Waals surface area contributed by atoms with Crippen LogP contribution < -0.4 is 14.9 Å². The van der Waals surface area contributed by atoms with E-state index in [-0.39, 0.29) is 17.2 Å². The van der Waals surface area contributed by atoms with Gasteiger partial charge < -0.3 is 10.2 Å². The van der Waals surface area contributed by atoms with Crippen molar-refractivity contribution in [3.05, 3.63) is 89.5 Å². The molecule has 0 aromatic heterocycles. The van der Waals surface area contributed by atoms with Crippen LogP contribution in [0.2, 0.25) is 0 Å². The molecule has 0 radical (unpaired) electrons. The van der Waals surface area contributed by atoms with E-state index in [2.05, 4.69) is 17.0 Å². The zero-order valence-corrected chi connectivity index (χ0v) is 21.3. The molecule has 1 aliphatic rings. The monoisotopic (exact) mass is 505 g/mol. The summed E-state index contributed by atoms with van der Waals surface area (Å²) in [6.45, 7) is 4.39. The van der Waals surface area contributed by atoms with Gasteiger partial charge in [-0.2, -0.15) is 4.72 Å². The van der Waals surface area contributed by atoms with Crippen molar-refractivity contribution < 1.29 is 18.0 Å². The molecule has 0 fully saturated rings. The van der Waals surface area contributed by atoms with Crippen molar-refractivity contribution in [2.75, 3.05) is 16.8 Å². The Balaban J connectivity index is 1.57. The Labute approximate surface area is 212 Å². The highest BCUT2D eigenvalue weighted by atomic mass is 32.2. The predicted molar refractivity (Wildman–Crippen MR) is 141 cm³/mol. The first-order valence-electron chi connectivity index (χ1n) is 12.2. The Morgan fingerprint density at radius 1 is 0.944 bits per heavy atom. The summed E-state index contributed by atoms with van der Waals surface area (Å²) in [5.41, 5.74) is 4.14. The number of sulfonamides is 1. The van der Waals surface area contributed by atoms with Gasteiger partial charge in [-0.1, -0.05) is 56.3 Å². The van der Waals surface area contributed by atoms with Gasteiger partial charge in [0.05, 0.1) is 4.90 Å². The minimum Gasteiger partial charge on any atom is -0.325 e. The maximum absolute atomic E-state index is 13.4. The molecule has 36 heavy (non-hydrogen) atoms. The number of nitrogens with zero attached hydrogens (tertiary/aromatic N) is 1. The lowest BCUT2D eigenvalue weighted by atomic mass is 10.1. The molecule has 8 heteroatoms. The molecule has 2 amide bonds. The topological polar surface area (TPSA) is 95.6 Å². The lowest BCUT2D eigenvalue weighted by Gasteiger charge is -2.20. The van der Waals surface area contributed by atoms with Crippen molar-refractivity contribution in [3.63, 3.8) is 0 Å². The summed E-state index contributed by atoms with van der Waals surface area (Å²) in [6, 6.07) is 20.5. The maximum atomic E-state index is 13.4. The lowest BCUT2D eigenvalue weighted by Crippen LogP contribution is -2.45. The number of benzene rings is 3. The van der Waals surface area contributed by atoms with E-state index in [1.807, 2.05) is 54.6 Å². The summed E-state index contributed by atoms with van der Waals surface area (Å²) in [5.74, 6) is -0.429. The third-order valence-electron chi connectivity index (χ3n) is 6.39. The number of anilines is 2. The molecular formula is C28H31N3O4S. The minimum atomic E-state index is -4.01. The molecule has 188 valence electrons. The average Bonchev–Trinajstić information content (AvgIpc) is 3.32. The summed E-state index contributed by atoms with van der Waals surface area (Å²) in [5, 5.41) is 2.84. The second kappa shape index (κ2) is 11.1. The Bertz CT molecular complexity index is 1340. The van der Waals surface area contributed by atoms with Gasteiger partial charge in [0, 0.05) is 24.3 Å². The van der Waals surface area contributed by atoms with Crippen LogP contribution in [0.5, 0.6) is 0 Å². The van der Waals surface area contributed by atoms with E-state index in [1.54, 1.807) is 24.0 Å². The van der Waals surface area contributed by atoms with Crippen molar-refractivity contribution in [3.8, 4) is 0 Å². The minimum absolute atomic E-state index is 0.00838. The van der Waals surface area contributed by atoms with Gasteiger partial charge in [0.2, 0.25) is 21.8 Å². The first kappa shape index (κ1) is 25.6. The number of amides is 2. The van der Waals surface area contributed by atoms with Gasteiger partial charge in [-0.05, 0) is 66.3 Å². The quantitative estimate of drug-likeness (QED) is 0.458. The van der Waals surface area contributed by atoms with Crippen LogP contribution in [0.1, 0.15) is 37.0 Å². The number of hydrogen-bond acceptors (Lipinski definition) is 4. The second-order valence-corrected chi connectivity index (χ2v) is 10.6. The first-order chi connectivity index (χ1) is 17.3. The molecule has 0 spiro atoms. The Kier molecular flexibility index (Phi) is 7.86. The molecule has 7 nitrogen and oxygen atoms in total. The normalized spacial score (nSPS) is 13.8. The number of rotatable bonds is 9. The molecule has 2 N–H and O–H groups in total. The fraction of sp³-hybridized carbons (Fsp3) is 0.286. The van der Waals surface area contributed by atoms with Crippen LogP contribution in [0.25, 0.3) is 0 Å². The molecular weight excluding hydrogens is 474 g/mol. The number of hydrogen-bond donors (Lipinski definition) is 2. The highest BCUT2D eigenvalue weighted by Gasteiger charge is 2.29. The van der Waals surface area contributed by atoms with Crippen LogP contribution in [0, 0.1) is 0 Å². The largest absolute Gasteiger partial charge is 0.325 e. The molecule has 1 heterocycles. The van der Waals surface area contributed by atoms with E-state index in [1.165, 1.54) is 6.07 Å². The van der Waals surface area contributed by atoms with E-state index < -0.39 is 22.0 Å². The summed E-state index contributed by atoms with van der Waals surface area (Å²) in [6.07, 6.45) is 2.06. The maximum Gasteiger partial charge on any atom is 0.242 e. The summed E-state index contributed by atoms with van der Waals surface area (Å²) < 4.78 is 29.4. The molecule has 0 bridgehead atoms. The van der Waals surface area contributed by atoms with E-state index in [0.29, 0.717) is 25.1 Å². The summed E-state index contributed by atoms with van der Waals surface area (Å²) >= 11 is 0. The van der Waals surface area contributed by atoms with Crippen LogP contribution >= 0.6 is 0 Å². The van der Waals surface area contributed by atoms with E-state index in [0.717, 1.165) is 28.8 Å². The third-order valence-corrected chi connectivity index (χ3v) is 7.86. The number of fused-ring (bicyclic) bond motifs is 1. The van der Waals surface area contributed by atoms with Crippen LogP contribution in [-0.2, 0) is 38.9 Å². The number of carbonyl (C=O) groups excluding carboxylic acids is 2. The van der Waals surface area contributed by atoms with Crippen LogP contribution in [0.4, 0.5) is 11.4 Å². The molecule has 1 unspecified atom stereocenters. The molecule has 4 rings (SSSR count). The number of aryl methyl sites for hydroxylation is 1. The van der Waals surface area contributed by atoms with Crippen molar-refractivity contribution in [2.24, 2.45) is 0 Å². The van der Waals surface area contributed by atoms with Crippen LogP contribution in [0.3, 0.4) is 0 Å². The van der Waals surface area contributed by atoms with Crippen molar-refractivity contribution >= 4 is 33.2 Å². The SMILES string of the molecule is CCC(=O)N1CCc2cc(S(=O)(=O)NC(Cc3ccccc3)C(=O)Nc3ccc(CC)cc3)ccc21. The van der Waals surface area contributed by atoms with E-state index in [4.69, 9.17) is 0 Å². The third kappa shape index (κ3) is 5.83. The van der Waals surface area contributed by atoms with Crippen molar-refractivity contribution in [1.29, 1.82) is 0 Å². The zero-order chi connectivity index (χ0) is 25.7. The highest BCUT2D eigenvalue weighted by molar-refractivity contribution is 7.89. The van der Waals surface area contributed by atoms with Gasteiger partial charge in [0.1, 0.15) is 6.04 Å². The van der Waals surface area contributed by atoms with Gasteiger partial charge >= 0.3 is 0 Å². The number of nitrogens with one attached hydrogen (secondary N) is 2. The predicted octanol–water partition coefficient (Wildman–Crippen LogP) is 4.08. The van der Waals surface area contributed by atoms with Gasteiger partial charge in [-0.25, -0.2) is 8.42 Å². The Morgan fingerprint density at radius 3 is 2.33 bits per heavy atom. The van der Waals surface area contributed by atoms with Gasteiger partial charge in [-0.15, -0.1) is 0 Å². The Hall–Kier alpha value is -3.49. The van der Waals surface area contributed by atoms with E-state index >= 15 is 0 Å². The zero-order valence-electron chi connectivity index (χ0n) is 20.5. The molecule has 0 aliphatic carbocycles. The molecule has 1 aliphatic heterocycles. The van der Waals surface area contributed by atoms with Crippen LogP contribution in [0.15, 0.2) is 77.7 Å². The average molecular weight is 506 g/mol. The lowest BCUT2D eigenvalue weighted by molar-refractivity contribution is -0.118. The summed E-state index contributed by atoms with van der Waals surface area (Å²) in [4.78, 5) is 27.2. The molecule has 3 aromatic carbocycles. The van der Waals surface area contributed by atoms with Gasteiger partial charge in [0.15, 0.2) is 0 Å². The molecule has 0 saturated heterocycles. The molecule has 0 saturated carbocycles. The van der Waals surface area contributed by atoms with Crippen molar-refractivity contribution in [2.45, 2.75) is 50.5 Å². The van der Waals surface area contributed by atoms with E-state index in [9.17, 15) is 18.0 Å². The summed E-state index contributed by atoms with van der Waals surface area (Å²) in [7, 11) is -4.01. The highest BCUT2D eigenvalue weighted by Crippen LogP contribution is 2.30. The first-order valence-corrected chi connectivity index (χ1v) is 13.7.